The molecular formula is C26H23N5O3S. The average molecular weight is 486 g/mol. The van der Waals surface area contributed by atoms with Crippen LogP contribution in [0.5, 0.6) is 0 Å². The number of aryl methyl sites for hydroxylation is 3. The first-order valence-electron chi connectivity index (χ1n) is 11.1. The fourth-order valence-corrected chi connectivity index (χ4v) is 4.98. The number of benzene rings is 2. The third-order valence-corrected chi connectivity index (χ3v) is 6.85. The van der Waals surface area contributed by atoms with Crippen molar-refractivity contribution in [2.24, 2.45) is 7.05 Å². The van der Waals surface area contributed by atoms with Crippen molar-refractivity contribution in [3.05, 3.63) is 87.9 Å². The van der Waals surface area contributed by atoms with Gasteiger partial charge in [-0.1, -0.05) is 48.0 Å². The minimum atomic E-state index is -0.408. The average Bonchev–Trinajstić information content (AvgIpc) is 3.45. The Hall–Kier alpha value is -4.24. The maximum atomic E-state index is 13.2. The maximum absolute atomic E-state index is 13.2. The maximum Gasteiger partial charge on any atom is 0.271 e. The quantitative estimate of drug-likeness (QED) is 0.370. The SMILES string of the molecule is Cc1ccc(-c2csc3ncn(CCC(=O)NNC(=O)c4cn(C)c5ccccc45)c(=O)c23)cc1. The van der Waals surface area contributed by atoms with Gasteiger partial charge in [0, 0.05) is 48.1 Å². The van der Waals surface area contributed by atoms with Gasteiger partial charge < -0.3 is 4.57 Å². The van der Waals surface area contributed by atoms with Crippen molar-refractivity contribution < 1.29 is 9.59 Å². The lowest BCUT2D eigenvalue weighted by atomic mass is 10.1. The molecule has 8 nitrogen and oxygen atoms in total. The molecule has 176 valence electrons. The van der Waals surface area contributed by atoms with E-state index in [0.29, 0.717) is 15.8 Å². The Morgan fingerprint density at radius 1 is 1.06 bits per heavy atom. The van der Waals surface area contributed by atoms with Gasteiger partial charge in [-0.25, -0.2) is 4.98 Å². The van der Waals surface area contributed by atoms with E-state index >= 15 is 0 Å². The van der Waals surface area contributed by atoms with Crippen molar-refractivity contribution in [2.45, 2.75) is 19.9 Å². The summed E-state index contributed by atoms with van der Waals surface area (Å²) in [5.41, 5.74) is 9.02. The van der Waals surface area contributed by atoms with Crippen molar-refractivity contribution in [2.75, 3.05) is 0 Å². The number of hydrogen-bond donors (Lipinski definition) is 2. The summed E-state index contributed by atoms with van der Waals surface area (Å²) in [5, 5.41) is 3.28. The Balaban J connectivity index is 1.27. The number of nitrogens with zero attached hydrogens (tertiary/aromatic N) is 3. The molecule has 0 unspecified atom stereocenters. The summed E-state index contributed by atoms with van der Waals surface area (Å²) in [6.07, 6.45) is 3.19. The molecule has 0 fully saturated rings. The lowest BCUT2D eigenvalue weighted by Crippen LogP contribution is -2.42. The first-order valence-corrected chi connectivity index (χ1v) is 12.0. The molecule has 2 N–H and O–H groups in total. The highest BCUT2D eigenvalue weighted by molar-refractivity contribution is 7.17. The molecule has 5 aromatic rings. The van der Waals surface area contributed by atoms with Gasteiger partial charge in [0.25, 0.3) is 11.5 Å². The number of amides is 2. The zero-order valence-electron chi connectivity index (χ0n) is 19.2. The van der Waals surface area contributed by atoms with Crippen LogP contribution in [0.1, 0.15) is 22.3 Å². The van der Waals surface area contributed by atoms with E-state index in [2.05, 4.69) is 15.8 Å². The lowest BCUT2D eigenvalue weighted by Gasteiger charge is -2.09. The normalized spacial score (nSPS) is 11.1. The Morgan fingerprint density at radius 3 is 2.63 bits per heavy atom. The first kappa shape index (κ1) is 22.5. The number of nitrogens with one attached hydrogen (secondary N) is 2. The second-order valence-electron chi connectivity index (χ2n) is 8.36. The van der Waals surface area contributed by atoms with Gasteiger partial charge in [0.1, 0.15) is 4.83 Å². The number of rotatable bonds is 5. The Labute approximate surface area is 204 Å². The van der Waals surface area contributed by atoms with Crippen molar-refractivity contribution in [1.82, 2.24) is 25.0 Å². The van der Waals surface area contributed by atoms with Gasteiger partial charge in [0.2, 0.25) is 5.91 Å². The zero-order valence-corrected chi connectivity index (χ0v) is 20.1. The van der Waals surface area contributed by atoms with Crippen molar-refractivity contribution in [1.29, 1.82) is 0 Å². The second-order valence-corrected chi connectivity index (χ2v) is 9.22. The number of hydrogen-bond acceptors (Lipinski definition) is 5. The monoisotopic (exact) mass is 485 g/mol. The summed E-state index contributed by atoms with van der Waals surface area (Å²) in [4.78, 5) is 43.2. The molecule has 0 saturated heterocycles. The molecule has 0 aliphatic heterocycles. The Bertz CT molecular complexity index is 1630. The van der Waals surface area contributed by atoms with Crippen LogP contribution in [0.25, 0.3) is 32.2 Å². The summed E-state index contributed by atoms with van der Waals surface area (Å²) >= 11 is 1.42. The minimum Gasteiger partial charge on any atom is -0.350 e. The van der Waals surface area contributed by atoms with Gasteiger partial charge in [-0.3, -0.25) is 29.8 Å². The van der Waals surface area contributed by atoms with E-state index in [1.807, 2.05) is 72.4 Å². The summed E-state index contributed by atoms with van der Waals surface area (Å²) in [6, 6.07) is 15.5. The van der Waals surface area contributed by atoms with Gasteiger partial charge in [0.05, 0.1) is 17.3 Å². The van der Waals surface area contributed by atoms with Crippen LogP contribution in [0.3, 0.4) is 0 Å². The lowest BCUT2D eigenvalue weighted by molar-refractivity contribution is -0.122. The third-order valence-electron chi connectivity index (χ3n) is 5.96. The Morgan fingerprint density at radius 2 is 1.83 bits per heavy atom. The smallest absolute Gasteiger partial charge is 0.271 e. The third kappa shape index (κ3) is 4.33. The molecule has 0 aliphatic carbocycles. The molecule has 2 aromatic carbocycles. The predicted molar refractivity (Wildman–Crippen MR) is 137 cm³/mol. The van der Waals surface area contributed by atoms with Crippen molar-refractivity contribution in [3.63, 3.8) is 0 Å². The van der Waals surface area contributed by atoms with Crippen LogP contribution in [-0.2, 0) is 18.4 Å². The van der Waals surface area contributed by atoms with Crippen molar-refractivity contribution >= 4 is 44.3 Å². The largest absolute Gasteiger partial charge is 0.350 e. The fourth-order valence-electron chi connectivity index (χ4n) is 4.07. The van der Waals surface area contributed by atoms with E-state index in [-0.39, 0.29) is 18.5 Å². The van der Waals surface area contributed by atoms with Crippen LogP contribution in [0.15, 0.2) is 71.2 Å². The fraction of sp³-hybridized carbons (Fsp3) is 0.154. The molecule has 9 heteroatoms. The summed E-state index contributed by atoms with van der Waals surface area (Å²) < 4.78 is 3.29. The number of para-hydroxylation sites is 1. The van der Waals surface area contributed by atoms with E-state index in [0.717, 1.165) is 27.6 Å². The highest BCUT2D eigenvalue weighted by Gasteiger charge is 2.16. The van der Waals surface area contributed by atoms with Gasteiger partial charge >= 0.3 is 0 Å². The predicted octanol–water partition coefficient (Wildman–Crippen LogP) is 3.78. The molecule has 0 spiro atoms. The van der Waals surface area contributed by atoms with E-state index < -0.39 is 11.8 Å². The Kier molecular flexibility index (Phi) is 5.92. The van der Waals surface area contributed by atoms with E-state index in [1.165, 1.54) is 22.2 Å². The molecule has 0 atom stereocenters. The van der Waals surface area contributed by atoms with Crippen LogP contribution in [-0.4, -0.2) is 25.9 Å². The molecule has 0 radical (unpaired) electrons. The number of thiophene rings is 1. The standard InChI is InChI=1S/C26H23N5O3S/c1-16-7-9-17(10-8-16)20-14-35-25-23(20)26(34)31(15-27-25)12-11-22(32)28-29-24(33)19-13-30(2)21-6-4-3-5-18(19)21/h3-10,13-15H,11-12H2,1-2H3,(H,28,32)(H,29,33). The number of carbonyl (C=O) groups is 2. The topological polar surface area (TPSA) is 98.0 Å². The molecule has 3 aromatic heterocycles. The highest BCUT2D eigenvalue weighted by Crippen LogP contribution is 2.30. The van der Waals surface area contributed by atoms with Gasteiger partial charge in [-0.05, 0) is 18.6 Å². The van der Waals surface area contributed by atoms with Crippen LogP contribution < -0.4 is 16.4 Å². The van der Waals surface area contributed by atoms with Crippen LogP contribution in [0.2, 0.25) is 0 Å². The van der Waals surface area contributed by atoms with Crippen molar-refractivity contribution in [3.8, 4) is 11.1 Å². The van der Waals surface area contributed by atoms with E-state index in [9.17, 15) is 14.4 Å². The molecule has 0 aliphatic rings. The molecule has 2 amide bonds. The molecule has 0 saturated carbocycles. The van der Waals surface area contributed by atoms with Crippen LogP contribution in [0.4, 0.5) is 0 Å². The molecule has 3 heterocycles. The van der Waals surface area contributed by atoms with Gasteiger partial charge in [0.15, 0.2) is 0 Å². The second kappa shape index (κ2) is 9.19. The van der Waals surface area contributed by atoms with E-state index in [1.54, 1.807) is 6.20 Å². The van der Waals surface area contributed by atoms with Crippen LogP contribution >= 0.6 is 11.3 Å². The summed E-state index contributed by atoms with van der Waals surface area (Å²) in [7, 11) is 1.86. The molecular weight excluding hydrogens is 462 g/mol. The van der Waals surface area contributed by atoms with Gasteiger partial charge in [-0.15, -0.1) is 11.3 Å². The molecule has 5 rings (SSSR count). The first-order chi connectivity index (χ1) is 16.9. The van der Waals surface area contributed by atoms with Gasteiger partial charge in [-0.2, -0.15) is 0 Å². The highest BCUT2D eigenvalue weighted by atomic mass is 32.1. The molecule has 0 bridgehead atoms. The summed E-state index contributed by atoms with van der Waals surface area (Å²) in [6.45, 7) is 2.15. The number of aromatic nitrogens is 3. The number of carbonyl (C=O) groups excluding carboxylic acids is 2. The summed E-state index contributed by atoms with van der Waals surface area (Å²) in [5.74, 6) is -0.814. The number of hydrazine groups is 1. The van der Waals surface area contributed by atoms with Crippen LogP contribution in [0, 0.1) is 6.92 Å². The number of fused-ring (bicyclic) bond motifs is 2. The minimum absolute atomic E-state index is 0.00686. The van der Waals surface area contributed by atoms with E-state index in [4.69, 9.17) is 0 Å². The molecule has 35 heavy (non-hydrogen) atoms. The zero-order chi connectivity index (χ0) is 24.5.